The molecule has 0 saturated carbocycles. The van der Waals surface area contributed by atoms with Crippen LogP contribution in [-0.2, 0) is 4.79 Å². The van der Waals surface area contributed by atoms with Crippen LogP contribution in [0.25, 0.3) is 0 Å². The van der Waals surface area contributed by atoms with E-state index in [1.165, 1.54) is 23.9 Å². The van der Waals surface area contributed by atoms with Crippen molar-refractivity contribution in [3.63, 3.8) is 0 Å². The first-order chi connectivity index (χ1) is 11.4. The molecule has 24 heavy (non-hydrogen) atoms. The van der Waals surface area contributed by atoms with Crippen LogP contribution in [0.4, 0.5) is 5.69 Å². The zero-order valence-corrected chi connectivity index (χ0v) is 14.7. The summed E-state index contributed by atoms with van der Waals surface area (Å²) in [7, 11) is 1.80. The van der Waals surface area contributed by atoms with Crippen LogP contribution in [0.2, 0.25) is 0 Å². The molecule has 0 fully saturated rings. The SMILES string of the molecule is C[C@H](c1ccccc1)N(C)C(=O)[C@@H](C)Sc1ccc([N+](=O)[O-])cc1. The van der Waals surface area contributed by atoms with Crippen LogP contribution in [-0.4, -0.2) is 28.0 Å². The van der Waals surface area contributed by atoms with Gasteiger partial charge >= 0.3 is 0 Å². The number of thioether (sulfide) groups is 1. The monoisotopic (exact) mass is 344 g/mol. The van der Waals surface area contributed by atoms with Gasteiger partial charge in [-0.2, -0.15) is 0 Å². The number of carbonyl (C=O) groups excluding carboxylic acids is 1. The van der Waals surface area contributed by atoms with E-state index in [0.29, 0.717) is 0 Å². The second-order valence-corrected chi connectivity index (χ2v) is 6.96. The fraction of sp³-hybridized carbons (Fsp3) is 0.278. The van der Waals surface area contributed by atoms with Gasteiger partial charge in [0.15, 0.2) is 0 Å². The second-order valence-electron chi connectivity index (χ2n) is 5.55. The van der Waals surface area contributed by atoms with Crippen molar-refractivity contribution in [2.75, 3.05) is 7.05 Å². The third kappa shape index (κ3) is 4.35. The lowest BCUT2D eigenvalue weighted by Gasteiger charge is -2.28. The standard InChI is InChI=1S/C18H20N2O3S/c1-13(15-7-5-4-6-8-15)19(3)18(21)14(2)24-17-11-9-16(10-12-17)20(22)23/h4-14H,1-3H3/t13-,14-/m1/s1. The van der Waals surface area contributed by atoms with E-state index in [0.717, 1.165) is 10.5 Å². The van der Waals surface area contributed by atoms with Crippen LogP contribution in [0.1, 0.15) is 25.5 Å². The Balaban J connectivity index is 2.02. The van der Waals surface area contributed by atoms with Crippen molar-refractivity contribution < 1.29 is 9.72 Å². The van der Waals surface area contributed by atoms with E-state index in [1.807, 2.05) is 44.2 Å². The fourth-order valence-electron chi connectivity index (χ4n) is 2.33. The summed E-state index contributed by atoms with van der Waals surface area (Å²) >= 11 is 1.40. The summed E-state index contributed by atoms with van der Waals surface area (Å²) in [6, 6.07) is 16.1. The molecule has 5 nitrogen and oxygen atoms in total. The number of hydrogen-bond acceptors (Lipinski definition) is 4. The van der Waals surface area contributed by atoms with E-state index < -0.39 is 4.92 Å². The number of non-ortho nitro benzene ring substituents is 1. The highest BCUT2D eigenvalue weighted by atomic mass is 32.2. The topological polar surface area (TPSA) is 63.5 Å². The van der Waals surface area contributed by atoms with Crippen molar-refractivity contribution in [3.05, 3.63) is 70.3 Å². The Morgan fingerprint density at radius 1 is 1.08 bits per heavy atom. The summed E-state index contributed by atoms with van der Waals surface area (Å²) in [5.74, 6) is 0.0229. The molecule has 1 amide bonds. The molecule has 0 bridgehead atoms. The van der Waals surface area contributed by atoms with E-state index in [4.69, 9.17) is 0 Å². The first-order valence-corrected chi connectivity index (χ1v) is 8.51. The Morgan fingerprint density at radius 2 is 1.67 bits per heavy atom. The van der Waals surface area contributed by atoms with Crippen LogP contribution in [0, 0.1) is 10.1 Å². The quantitative estimate of drug-likeness (QED) is 0.445. The number of benzene rings is 2. The average Bonchev–Trinajstić information content (AvgIpc) is 2.61. The summed E-state index contributed by atoms with van der Waals surface area (Å²) in [6.45, 7) is 3.85. The molecule has 0 radical (unpaired) electrons. The highest BCUT2D eigenvalue weighted by Crippen LogP contribution is 2.28. The normalized spacial score (nSPS) is 13.1. The van der Waals surface area contributed by atoms with Gasteiger partial charge in [-0.15, -0.1) is 11.8 Å². The van der Waals surface area contributed by atoms with E-state index >= 15 is 0 Å². The molecule has 0 saturated heterocycles. The van der Waals surface area contributed by atoms with Crippen molar-refractivity contribution in [2.24, 2.45) is 0 Å². The zero-order valence-electron chi connectivity index (χ0n) is 13.9. The largest absolute Gasteiger partial charge is 0.338 e. The minimum atomic E-state index is -0.432. The third-order valence-electron chi connectivity index (χ3n) is 3.92. The molecule has 0 unspecified atom stereocenters. The molecule has 2 rings (SSSR count). The molecule has 0 spiro atoms. The predicted octanol–water partition coefficient (Wildman–Crippen LogP) is 4.30. The lowest BCUT2D eigenvalue weighted by atomic mass is 10.1. The Labute approximate surface area is 145 Å². The highest BCUT2D eigenvalue weighted by molar-refractivity contribution is 8.00. The van der Waals surface area contributed by atoms with Crippen molar-refractivity contribution in [1.29, 1.82) is 0 Å². The van der Waals surface area contributed by atoms with Gasteiger partial charge in [-0.25, -0.2) is 0 Å². The lowest BCUT2D eigenvalue weighted by Crippen LogP contribution is -2.35. The Bertz CT molecular complexity index is 704. The molecule has 2 aromatic rings. The minimum absolute atomic E-state index is 0.0152. The van der Waals surface area contributed by atoms with Gasteiger partial charge in [0, 0.05) is 24.1 Å². The van der Waals surface area contributed by atoms with Gasteiger partial charge in [0.05, 0.1) is 16.2 Å². The molecular formula is C18H20N2O3S. The van der Waals surface area contributed by atoms with Gasteiger partial charge in [-0.05, 0) is 31.5 Å². The van der Waals surface area contributed by atoms with Crippen LogP contribution < -0.4 is 0 Å². The van der Waals surface area contributed by atoms with Gasteiger partial charge in [0.2, 0.25) is 5.91 Å². The van der Waals surface area contributed by atoms with E-state index in [1.54, 1.807) is 24.1 Å². The summed E-state index contributed by atoms with van der Waals surface area (Å²) in [6.07, 6.45) is 0. The Kier molecular flexibility index (Phi) is 5.98. The van der Waals surface area contributed by atoms with Gasteiger partial charge in [0.25, 0.3) is 5.69 Å². The smallest absolute Gasteiger partial charge is 0.269 e. The van der Waals surface area contributed by atoms with E-state index in [9.17, 15) is 14.9 Å². The second kappa shape index (κ2) is 7.97. The number of nitrogens with zero attached hydrogens (tertiary/aromatic N) is 2. The summed E-state index contributed by atoms with van der Waals surface area (Å²) < 4.78 is 0. The number of nitro benzene ring substituents is 1. The van der Waals surface area contributed by atoms with Crippen molar-refractivity contribution >= 4 is 23.4 Å². The number of rotatable bonds is 6. The number of hydrogen-bond donors (Lipinski definition) is 0. The Morgan fingerprint density at radius 3 is 2.21 bits per heavy atom. The summed E-state index contributed by atoms with van der Waals surface area (Å²) in [4.78, 5) is 25.5. The number of carbonyl (C=O) groups is 1. The maximum Gasteiger partial charge on any atom is 0.269 e. The molecule has 6 heteroatoms. The highest BCUT2D eigenvalue weighted by Gasteiger charge is 2.23. The van der Waals surface area contributed by atoms with Crippen LogP contribution >= 0.6 is 11.8 Å². The van der Waals surface area contributed by atoms with Crippen LogP contribution in [0.3, 0.4) is 0 Å². The first kappa shape index (κ1) is 18.0. The van der Waals surface area contributed by atoms with Gasteiger partial charge < -0.3 is 4.90 Å². The first-order valence-electron chi connectivity index (χ1n) is 7.63. The summed E-state index contributed by atoms with van der Waals surface area (Å²) in [5.41, 5.74) is 1.13. The molecule has 0 aliphatic carbocycles. The Hall–Kier alpha value is -2.34. The molecule has 0 aromatic heterocycles. The number of nitro groups is 1. The molecule has 2 aromatic carbocycles. The van der Waals surface area contributed by atoms with Crippen LogP contribution in [0.5, 0.6) is 0 Å². The van der Waals surface area contributed by atoms with Crippen molar-refractivity contribution in [1.82, 2.24) is 4.90 Å². The average molecular weight is 344 g/mol. The maximum absolute atomic E-state index is 12.6. The molecular weight excluding hydrogens is 324 g/mol. The molecule has 0 aliphatic rings. The van der Waals surface area contributed by atoms with E-state index in [-0.39, 0.29) is 22.9 Å². The molecule has 0 aliphatic heterocycles. The predicted molar refractivity (Wildman–Crippen MR) is 96.0 cm³/mol. The van der Waals surface area contributed by atoms with Gasteiger partial charge in [-0.1, -0.05) is 30.3 Å². The van der Waals surface area contributed by atoms with Gasteiger partial charge in [0.1, 0.15) is 0 Å². The van der Waals surface area contributed by atoms with Gasteiger partial charge in [-0.3, -0.25) is 14.9 Å². The number of amides is 1. The maximum atomic E-state index is 12.6. The van der Waals surface area contributed by atoms with Crippen molar-refractivity contribution in [3.8, 4) is 0 Å². The van der Waals surface area contributed by atoms with Crippen LogP contribution in [0.15, 0.2) is 59.5 Å². The molecule has 0 heterocycles. The molecule has 0 N–H and O–H groups in total. The minimum Gasteiger partial charge on any atom is -0.338 e. The van der Waals surface area contributed by atoms with Crippen molar-refractivity contribution in [2.45, 2.75) is 30.0 Å². The molecule has 126 valence electrons. The molecule has 2 atom stereocenters. The fourth-order valence-corrected chi connectivity index (χ4v) is 3.30. The lowest BCUT2D eigenvalue weighted by molar-refractivity contribution is -0.384. The van der Waals surface area contributed by atoms with E-state index in [2.05, 4.69) is 0 Å². The summed E-state index contributed by atoms with van der Waals surface area (Å²) in [5, 5.41) is 10.4. The zero-order chi connectivity index (χ0) is 17.7. The third-order valence-corrected chi connectivity index (χ3v) is 5.02.